The second-order valence-corrected chi connectivity index (χ2v) is 5.52. The molecule has 112 valence electrons. The second kappa shape index (κ2) is 5.61. The van der Waals surface area contributed by atoms with Gasteiger partial charge in [-0.05, 0) is 37.1 Å². The van der Waals surface area contributed by atoms with Crippen LogP contribution in [0.5, 0.6) is 0 Å². The summed E-state index contributed by atoms with van der Waals surface area (Å²) in [5.41, 5.74) is 0.209. The van der Waals surface area contributed by atoms with Crippen LogP contribution in [0.4, 0.5) is 8.78 Å². The van der Waals surface area contributed by atoms with Gasteiger partial charge in [-0.3, -0.25) is 4.79 Å². The van der Waals surface area contributed by atoms with Gasteiger partial charge in [0.05, 0.1) is 0 Å². The predicted molar refractivity (Wildman–Crippen MR) is 73.4 cm³/mol. The van der Waals surface area contributed by atoms with E-state index >= 15 is 0 Å². The Morgan fingerprint density at radius 2 is 1.95 bits per heavy atom. The van der Waals surface area contributed by atoms with Gasteiger partial charge in [0.15, 0.2) is 0 Å². The summed E-state index contributed by atoms with van der Waals surface area (Å²) in [5, 5.41) is 4.97. The molecule has 0 aliphatic carbocycles. The highest BCUT2D eigenvalue weighted by molar-refractivity contribution is 6.30. The van der Waals surface area contributed by atoms with Gasteiger partial charge in [0.2, 0.25) is 0 Å². The van der Waals surface area contributed by atoms with Crippen LogP contribution in [-0.2, 0) is 0 Å². The molecule has 1 aromatic heterocycles. The molecule has 1 saturated heterocycles. The number of hydrogen-bond donors (Lipinski definition) is 2. The maximum atomic E-state index is 13.6. The Morgan fingerprint density at radius 3 is 2.57 bits per heavy atom. The number of nitrogens with one attached hydrogen (secondary N) is 2. The quantitative estimate of drug-likeness (QED) is 0.837. The Labute approximate surface area is 124 Å². The monoisotopic (exact) mass is 314 g/mol. The normalized spacial score (nSPS) is 22.4. The first-order valence-corrected chi connectivity index (χ1v) is 6.98. The Kier molecular flexibility index (Phi) is 3.82. The zero-order valence-electron chi connectivity index (χ0n) is 11.0. The summed E-state index contributed by atoms with van der Waals surface area (Å²) in [5.74, 6) is -0.953. The molecule has 0 spiro atoms. The minimum atomic E-state index is -0.774. The van der Waals surface area contributed by atoms with E-state index in [4.69, 9.17) is 16.1 Å². The van der Waals surface area contributed by atoms with Crippen LogP contribution in [0.2, 0.25) is 5.02 Å². The molecule has 2 aromatic rings. The lowest BCUT2D eigenvalue weighted by Crippen LogP contribution is -2.31. The number of piperidine rings is 1. The van der Waals surface area contributed by atoms with Crippen molar-refractivity contribution in [3.8, 4) is 0 Å². The minimum absolute atomic E-state index is 0.0250. The molecule has 0 radical (unpaired) electrons. The topological polar surface area (TPSA) is 58.0 Å². The van der Waals surface area contributed by atoms with Crippen molar-refractivity contribution in [1.29, 1.82) is 0 Å². The van der Waals surface area contributed by atoms with E-state index in [1.165, 1.54) is 18.2 Å². The molecule has 1 aromatic carbocycles. The molecular weight excluding hydrogens is 302 g/mol. The molecule has 0 unspecified atom stereocenters. The number of aromatic amines is 1. The predicted octanol–water partition coefficient (Wildman–Crippen LogP) is 3.11. The highest BCUT2D eigenvalue weighted by Gasteiger charge is 2.27. The molecule has 3 rings (SSSR count). The Balaban J connectivity index is 1.84. The average molecular weight is 315 g/mol. The van der Waals surface area contributed by atoms with Crippen molar-refractivity contribution in [2.75, 3.05) is 6.54 Å². The van der Waals surface area contributed by atoms with Gasteiger partial charge in [0.1, 0.15) is 22.4 Å². The summed E-state index contributed by atoms with van der Waals surface area (Å²) < 4.78 is 32.2. The largest absolute Gasteiger partial charge is 0.383 e. The van der Waals surface area contributed by atoms with Crippen molar-refractivity contribution in [2.45, 2.75) is 24.8 Å². The smallest absolute Gasteiger partial charge is 0.280 e. The first kappa shape index (κ1) is 14.3. The Morgan fingerprint density at radius 1 is 1.24 bits per heavy atom. The molecule has 1 aliphatic rings. The molecule has 7 heteroatoms. The Bertz CT molecular complexity index is 690. The number of hydrogen-bond acceptors (Lipinski definition) is 3. The van der Waals surface area contributed by atoms with Crippen molar-refractivity contribution in [2.24, 2.45) is 0 Å². The molecule has 4 nitrogen and oxygen atoms in total. The van der Waals surface area contributed by atoms with Crippen LogP contribution < -0.4 is 10.9 Å². The number of aromatic nitrogens is 1. The van der Waals surface area contributed by atoms with Crippen LogP contribution in [0.25, 0.3) is 0 Å². The third-order valence-corrected chi connectivity index (χ3v) is 4.12. The number of benzene rings is 1. The lowest BCUT2D eigenvalue weighted by Gasteiger charge is -2.29. The summed E-state index contributed by atoms with van der Waals surface area (Å²) >= 11 is 5.49. The fourth-order valence-corrected chi connectivity index (χ4v) is 2.81. The van der Waals surface area contributed by atoms with Crippen molar-refractivity contribution < 1.29 is 13.3 Å². The fourth-order valence-electron chi connectivity index (χ4n) is 2.70. The van der Waals surface area contributed by atoms with Gasteiger partial charge in [0.25, 0.3) is 5.56 Å². The van der Waals surface area contributed by atoms with Gasteiger partial charge in [-0.2, -0.15) is 5.16 Å². The molecule has 0 saturated carbocycles. The van der Waals surface area contributed by atoms with Crippen LogP contribution >= 0.6 is 11.6 Å². The highest BCUT2D eigenvalue weighted by Crippen LogP contribution is 2.35. The van der Waals surface area contributed by atoms with E-state index in [0.717, 1.165) is 6.42 Å². The van der Waals surface area contributed by atoms with E-state index in [2.05, 4.69) is 10.5 Å². The zero-order valence-corrected chi connectivity index (χ0v) is 11.7. The van der Waals surface area contributed by atoms with Crippen LogP contribution in [0.1, 0.15) is 36.1 Å². The first-order chi connectivity index (χ1) is 10.0. The lowest BCUT2D eigenvalue weighted by atomic mass is 9.87. The van der Waals surface area contributed by atoms with Gasteiger partial charge >= 0.3 is 0 Å². The van der Waals surface area contributed by atoms with Gasteiger partial charge in [-0.25, -0.2) is 8.78 Å². The van der Waals surface area contributed by atoms with Crippen LogP contribution in [0, 0.1) is 11.6 Å². The molecule has 21 heavy (non-hydrogen) atoms. The van der Waals surface area contributed by atoms with E-state index in [1.807, 2.05) is 0 Å². The summed E-state index contributed by atoms with van der Waals surface area (Å²) in [6.07, 6.45) is 1.37. The molecule has 0 amide bonds. The SMILES string of the molecule is O=c1cc([C@H]2CCN[C@H](c3cc(F)c(Cl)c(F)c3)C2)o[nH]1. The maximum absolute atomic E-state index is 13.6. The number of halogens is 3. The number of H-pyrrole nitrogens is 1. The molecule has 2 N–H and O–H groups in total. The average Bonchev–Trinajstić information content (AvgIpc) is 2.91. The van der Waals surface area contributed by atoms with Crippen LogP contribution in [0.3, 0.4) is 0 Å². The lowest BCUT2D eigenvalue weighted by molar-refractivity contribution is 0.295. The van der Waals surface area contributed by atoms with Crippen LogP contribution in [-0.4, -0.2) is 11.7 Å². The molecule has 0 bridgehead atoms. The summed E-state index contributed by atoms with van der Waals surface area (Å²) in [7, 11) is 0. The highest BCUT2D eigenvalue weighted by atomic mass is 35.5. The molecule has 1 aliphatic heterocycles. The third kappa shape index (κ3) is 2.87. The van der Waals surface area contributed by atoms with Crippen molar-refractivity contribution in [3.63, 3.8) is 0 Å². The third-order valence-electron chi connectivity index (χ3n) is 3.76. The van der Waals surface area contributed by atoms with E-state index in [-0.39, 0.29) is 17.5 Å². The van der Waals surface area contributed by atoms with Gasteiger partial charge < -0.3 is 9.84 Å². The van der Waals surface area contributed by atoms with Gasteiger partial charge in [0, 0.05) is 18.0 Å². The van der Waals surface area contributed by atoms with Crippen molar-refractivity contribution >= 4 is 11.6 Å². The van der Waals surface area contributed by atoms with E-state index in [1.54, 1.807) is 0 Å². The molecule has 2 heterocycles. The van der Waals surface area contributed by atoms with Gasteiger partial charge in [-0.1, -0.05) is 11.6 Å². The maximum Gasteiger partial charge on any atom is 0.280 e. The standard InChI is InChI=1S/C14H13ClF2N2O2/c15-14-9(16)3-8(4-10(14)17)11-5-7(1-2-18-11)12-6-13(20)19-21-12/h3-4,6-7,11,18H,1-2,5H2,(H,19,20)/t7-,11-/m0/s1. The van der Waals surface area contributed by atoms with Crippen molar-refractivity contribution in [3.05, 3.63) is 56.5 Å². The zero-order chi connectivity index (χ0) is 15.0. The Hall–Kier alpha value is -1.66. The van der Waals surface area contributed by atoms with E-state index in [9.17, 15) is 13.6 Å². The second-order valence-electron chi connectivity index (χ2n) is 5.14. The van der Waals surface area contributed by atoms with E-state index in [0.29, 0.717) is 24.3 Å². The van der Waals surface area contributed by atoms with Gasteiger partial charge in [-0.15, -0.1) is 0 Å². The van der Waals surface area contributed by atoms with Crippen molar-refractivity contribution in [1.82, 2.24) is 10.5 Å². The number of rotatable bonds is 2. The summed E-state index contributed by atoms with van der Waals surface area (Å²) in [6, 6.07) is 3.67. The fraction of sp³-hybridized carbons (Fsp3) is 0.357. The van der Waals surface area contributed by atoms with E-state index < -0.39 is 16.7 Å². The summed E-state index contributed by atoms with van der Waals surface area (Å²) in [6.45, 7) is 0.663. The molecule has 2 atom stereocenters. The first-order valence-electron chi connectivity index (χ1n) is 6.61. The molecular formula is C14H13ClF2N2O2. The summed E-state index contributed by atoms with van der Waals surface area (Å²) in [4.78, 5) is 11.1. The van der Waals surface area contributed by atoms with Crippen LogP contribution in [0.15, 0.2) is 27.5 Å². The molecule has 1 fully saturated rings. The minimum Gasteiger partial charge on any atom is -0.383 e.